The third kappa shape index (κ3) is 3.00. The van der Waals surface area contributed by atoms with Gasteiger partial charge in [-0.3, -0.25) is 4.79 Å². The standard InChI is InChI=1S/C13H16N2O2S/c1-15(2)12(11-4-6-18-9-11)7-14-13(16)10-3-5-17-8-10/h3-6,8-9,12H,7H2,1-2H3,(H,14,16). The van der Waals surface area contributed by atoms with E-state index in [0.717, 1.165) is 0 Å². The number of nitrogens with zero attached hydrogens (tertiary/aromatic N) is 1. The zero-order valence-electron chi connectivity index (χ0n) is 10.4. The monoisotopic (exact) mass is 264 g/mol. The highest BCUT2D eigenvalue weighted by Crippen LogP contribution is 2.20. The van der Waals surface area contributed by atoms with Crippen LogP contribution in [0.1, 0.15) is 22.0 Å². The molecule has 2 rings (SSSR count). The lowest BCUT2D eigenvalue weighted by Crippen LogP contribution is -2.34. The molecule has 2 aromatic heterocycles. The van der Waals surface area contributed by atoms with Gasteiger partial charge in [0.25, 0.3) is 5.91 Å². The summed E-state index contributed by atoms with van der Waals surface area (Å²) in [5.41, 5.74) is 1.77. The second kappa shape index (κ2) is 5.84. The third-order valence-electron chi connectivity index (χ3n) is 2.79. The molecule has 0 radical (unpaired) electrons. The van der Waals surface area contributed by atoms with Gasteiger partial charge in [0.05, 0.1) is 17.9 Å². The number of nitrogens with one attached hydrogen (secondary N) is 1. The van der Waals surface area contributed by atoms with Crippen LogP contribution in [0.4, 0.5) is 0 Å². The molecule has 5 heteroatoms. The first-order valence-corrected chi connectivity index (χ1v) is 6.61. The highest BCUT2D eigenvalue weighted by Gasteiger charge is 2.16. The van der Waals surface area contributed by atoms with Crippen LogP contribution < -0.4 is 5.32 Å². The van der Waals surface area contributed by atoms with Gasteiger partial charge in [0.2, 0.25) is 0 Å². The van der Waals surface area contributed by atoms with Crippen LogP contribution in [0.5, 0.6) is 0 Å². The lowest BCUT2D eigenvalue weighted by atomic mass is 10.1. The maximum absolute atomic E-state index is 11.8. The van der Waals surface area contributed by atoms with Crippen molar-refractivity contribution < 1.29 is 9.21 Å². The minimum Gasteiger partial charge on any atom is -0.472 e. The number of hydrogen-bond acceptors (Lipinski definition) is 4. The van der Waals surface area contributed by atoms with Gasteiger partial charge < -0.3 is 14.6 Å². The van der Waals surface area contributed by atoms with Gasteiger partial charge >= 0.3 is 0 Å². The Morgan fingerprint density at radius 2 is 2.33 bits per heavy atom. The molecule has 0 aliphatic heterocycles. The summed E-state index contributed by atoms with van der Waals surface area (Å²) < 4.78 is 4.89. The molecule has 0 spiro atoms. The Kier molecular flexibility index (Phi) is 4.17. The number of hydrogen-bond donors (Lipinski definition) is 1. The van der Waals surface area contributed by atoms with Gasteiger partial charge in [0.1, 0.15) is 6.26 Å². The van der Waals surface area contributed by atoms with Crippen LogP contribution in [0.15, 0.2) is 39.8 Å². The van der Waals surface area contributed by atoms with Gasteiger partial charge in [-0.2, -0.15) is 11.3 Å². The summed E-state index contributed by atoms with van der Waals surface area (Å²) in [5, 5.41) is 7.07. The fraction of sp³-hybridized carbons (Fsp3) is 0.308. The third-order valence-corrected chi connectivity index (χ3v) is 3.49. The quantitative estimate of drug-likeness (QED) is 0.901. The molecule has 18 heavy (non-hydrogen) atoms. The number of furan rings is 1. The molecule has 2 heterocycles. The fourth-order valence-corrected chi connectivity index (χ4v) is 2.46. The van der Waals surface area contributed by atoms with Crippen molar-refractivity contribution in [2.45, 2.75) is 6.04 Å². The summed E-state index contributed by atoms with van der Waals surface area (Å²) >= 11 is 1.66. The van der Waals surface area contributed by atoms with Gasteiger partial charge in [-0.1, -0.05) is 0 Å². The molecule has 1 N–H and O–H groups in total. The molecule has 1 unspecified atom stereocenters. The Hall–Kier alpha value is -1.59. The molecule has 0 aliphatic carbocycles. The molecular weight excluding hydrogens is 248 g/mol. The first-order valence-electron chi connectivity index (χ1n) is 5.67. The van der Waals surface area contributed by atoms with E-state index >= 15 is 0 Å². The van der Waals surface area contributed by atoms with Crippen molar-refractivity contribution in [1.29, 1.82) is 0 Å². The SMILES string of the molecule is CN(C)C(CNC(=O)c1ccoc1)c1ccsc1. The van der Waals surface area contributed by atoms with Gasteiger partial charge in [-0.15, -0.1) is 0 Å². The van der Waals surface area contributed by atoms with E-state index in [1.54, 1.807) is 17.4 Å². The average molecular weight is 264 g/mol. The highest BCUT2D eigenvalue weighted by atomic mass is 32.1. The van der Waals surface area contributed by atoms with Crippen molar-refractivity contribution in [2.75, 3.05) is 20.6 Å². The number of carbonyl (C=O) groups excluding carboxylic acids is 1. The normalized spacial score (nSPS) is 12.6. The summed E-state index contributed by atoms with van der Waals surface area (Å²) in [5.74, 6) is -0.106. The molecule has 96 valence electrons. The van der Waals surface area contributed by atoms with Crippen LogP contribution in [0, 0.1) is 0 Å². The highest BCUT2D eigenvalue weighted by molar-refractivity contribution is 7.07. The summed E-state index contributed by atoms with van der Waals surface area (Å²) in [6.45, 7) is 0.577. The van der Waals surface area contributed by atoms with Crippen molar-refractivity contribution in [3.05, 3.63) is 46.5 Å². The lowest BCUT2D eigenvalue weighted by molar-refractivity contribution is 0.0941. The van der Waals surface area contributed by atoms with E-state index in [1.165, 1.54) is 18.1 Å². The predicted octanol–water partition coefficient (Wildman–Crippen LogP) is 2.37. The van der Waals surface area contributed by atoms with Crippen molar-refractivity contribution in [2.24, 2.45) is 0 Å². The number of carbonyl (C=O) groups is 1. The maximum atomic E-state index is 11.8. The van der Waals surface area contributed by atoms with Crippen molar-refractivity contribution >= 4 is 17.2 Å². The van der Waals surface area contributed by atoms with E-state index in [0.29, 0.717) is 12.1 Å². The lowest BCUT2D eigenvalue weighted by Gasteiger charge is -2.23. The van der Waals surface area contributed by atoms with E-state index in [-0.39, 0.29) is 11.9 Å². The van der Waals surface area contributed by atoms with E-state index in [9.17, 15) is 4.79 Å². The summed E-state index contributed by atoms with van der Waals surface area (Å²) in [6.07, 6.45) is 2.95. The smallest absolute Gasteiger partial charge is 0.254 e. The molecule has 0 aliphatic rings. The maximum Gasteiger partial charge on any atom is 0.254 e. The molecule has 0 bridgehead atoms. The minimum atomic E-state index is -0.106. The molecule has 0 aromatic carbocycles. The predicted molar refractivity (Wildman–Crippen MR) is 71.8 cm³/mol. The van der Waals surface area contributed by atoms with Crippen molar-refractivity contribution in [3.63, 3.8) is 0 Å². The largest absolute Gasteiger partial charge is 0.472 e. The summed E-state index contributed by atoms with van der Waals surface area (Å²) in [6, 6.07) is 3.93. The molecule has 0 saturated heterocycles. The number of amides is 1. The van der Waals surface area contributed by atoms with E-state index in [1.807, 2.05) is 19.5 Å². The Morgan fingerprint density at radius 1 is 1.50 bits per heavy atom. The van der Waals surface area contributed by atoms with Crippen LogP contribution in [0.3, 0.4) is 0 Å². The van der Waals surface area contributed by atoms with E-state index < -0.39 is 0 Å². The zero-order chi connectivity index (χ0) is 13.0. The first-order chi connectivity index (χ1) is 8.68. The molecule has 1 amide bonds. The van der Waals surface area contributed by atoms with Crippen LogP contribution >= 0.6 is 11.3 Å². The molecular formula is C13H16N2O2S. The van der Waals surface area contributed by atoms with Gasteiger partial charge in [0, 0.05) is 6.54 Å². The Labute approximate surface area is 110 Å². The van der Waals surface area contributed by atoms with Crippen molar-refractivity contribution in [3.8, 4) is 0 Å². The number of rotatable bonds is 5. The van der Waals surface area contributed by atoms with Crippen LogP contribution in [0.2, 0.25) is 0 Å². The number of thiophene rings is 1. The van der Waals surface area contributed by atoms with E-state index in [2.05, 4.69) is 21.7 Å². The van der Waals surface area contributed by atoms with Crippen LogP contribution in [-0.2, 0) is 0 Å². The Bertz CT molecular complexity index is 477. The number of likely N-dealkylation sites (N-methyl/N-ethyl adjacent to an activating group) is 1. The Balaban J connectivity index is 1.97. The summed E-state index contributed by atoms with van der Waals surface area (Å²) in [4.78, 5) is 13.9. The van der Waals surface area contributed by atoms with Crippen molar-refractivity contribution in [1.82, 2.24) is 10.2 Å². The molecule has 0 saturated carbocycles. The summed E-state index contributed by atoms with van der Waals surface area (Å²) in [7, 11) is 4.01. The topological polar surface area (TPSA) is 45.5 Å². The second-order valence-electron chi connectivity index (χ2n) is 4.26. The second-order valence-corrected chi connectivity index (χ2v) is 5.04. The van der Waals surface area contributed by atoms with Gasteiger partial charge in [0.15, 0.2) is 0 Å². The molecule has 4 nitrogen and oxygen atoms in total. The van der Waals surface area contributed by atoms with E-state index in [4.69, 9.17) is 4.42 Å². The zero-order valence-corrected chi connectivity index (χ0v) is 11.2. The van der Waals surface area contributed by atoms with Gasteiger partial charge in [-0.05, 0) is 42.6 Å². The average Bonchev–Trinajstić information content (AvgIpc) is 3.01. The van der Waals surface area contributed by atoms with Crippen LogP contribution in [-0.4, -0.2) is 31.4 Å². The molecule has 0 fully saturated rings. The first kappa shape index (κ1) is 12.9. The fourth-order valence-electron chi connectivity index (χ4n) is 1.75. The minimum absolute atomic E-state index is 0.106. The Morgan fingerprint density at radius 3 is 2.89 bits per heavy atom. The van der Waals surface area contributed by atoms with Gasteiger partial charge in [-0.25, -0.2) is 0 Å². The van der Waals surface area contributed by atoms with Crippen LogP contribution in [0.25, 0.3) is 0 Å². The molecule has 2 aromatic rings. The molecule has 1 atom stereocenters.